The molecule has 10 heteroatoms. The van der Waals surface area contributed by atoms with E-state index in [1.807, 2.05) is 6.92 Å². The third-order valence-corrected chi connectivity index (χ3v) is 8.36. The first kappa shape index (κ1) is 21.6. The van der Waals surface area contributed by atoms with Crippen LogP contribution in [0.5, 0.6) is 0 Å². The summed E-state index contributed by atoms with van der Waals surface area (Å²) in [4.78, 5) is 0.214. The van der Waals surface area contributed by atoms with Gasteiger partial charge in [-0.1, -0.05) is 0 Å². The van der Waals surface area contributed by atoms with Crippen LogP contribution in [0.2, 0.25) is 0 Å². The molecule has 1 aliphatic carbocycles. The van der Waals surface area contributed by atoms with Gasteiger partial charge in [-0.25, -0.2) is 21.6 Å². The molecule has 0 bridgehead atoms. The van der Waals surface area contributed by atoms with E-state index in [0.717, 1.165) is 25.7 Å². The van der Waals surface area contributed by atoms with E-state index in [0.29, 0.717) is 19.0 Å². The highest BCUT2D eigenvalue weighted by Gasteiger charge is 2.31. The number of nitrogens with two attached hydrogens (primary N) is 1. The molecule has 0 aromatic heterocycles. The largest absolute Gasteiger partial charge is 0.328 e. The summed E-state index contributed by atoms with van der Waals surface area (Å²) >= 11 is 0. The summed E-state index contributed by atoms with van der Waals surface area (Å²) in [6.45, 7) is 2.83. The van der Waals surface area contributed by atoms with Crippen LogP contribution in [0, 0.1) is 5.92 Å². The second-order valence-electron chi connectivity index (χ2n) is 6.97. The molecule has 0 spiro atoms. The van der Waals surface area contributed by atoms with Crippen molar-refractivity contribution in [1.29, 1.82) is 0 Å². The molecule has 148 valence electrons. The normalized spacial score (nSPS) is 21.2. The Morgan fingerprint density at radius 2 is 1.50 bits per heavy atom. The van der Waals surface area contributed by atoms with Crippen LogP contribution in [0.4, 0.5) is 0 Å². The van der Waals surface area contributed by atoms with Gasteiger partial charge < -0.3 is 5.73 Å². The SMILES string of the molecule is CC(N)C1CCN(S(=O)(=O)c2ccc(S(=O)(=O)NC3CC3)cc2)CC1.Cl. The molecule has 0 radical (unpaired) electrons. The predicted molar refractivity (Wildman–Crippen MR) is 102 cm³/mol. The lowest BCUT2D eigenvalue weighted by Crippen LogP contribution is -2.42. The first-order valence-electron chi connectivity index (χ1n) is 8.58. The number of rotatable bonds is 6. The van der Waals surface area contributed by atoms with Gasteiger partial charge >= 0.3 is 0 Å². The highest BCUT2D eigenvalue weighted by Crippen LogP contribution is 2.26. The maximum atomic E-state index is 12.7. The van der Waals surface area contributed by atoms with Gasteiger partial charge in [0.15, 0.2) is 0 Å². The Morgan fingerprint density at radius 3 is 1.96 bits per heavy atom. The van der Waals surface area contributed by atoms with Crippen LogP contribution >= 0.6 is 12.4 Å². The first-order chi connectivity index (χ1) is 11.7. The van der Waals surface area contributed by atoms with Crippen molar-refractivity contribution in [2.24, 2.45) is 11.7 Å². The average Bonchev–Trinajstić information content (AvgIpc) is 3.38. The van der Waals surface area contributed by atoms with E-state index >= 15 is 0 Å². The molecule has 2 fully saturated rings. The van der Waals surface area contributed by atoms with Crippen LogP contribution in [0.25, 0.3) is 0 Å². The van der Waals surface area contributed by atoms with Crippen LogP contribution in [-0.4, -0.2) is 46.3 Å². The van der Waals surface area contributed by atoms with Gasteiger partial charge in [-0.2, -0.15) is 4.31 Å². The third-order valence-electron chi connectivity index (χ3n) is 4.91. The van der Waals surface area contributed by atoms with Gasteiger partial charge in [0.25, 0.3) is 0 Å². The Hall–Kier alpha value is -0.710. The molecule has 0 amide bonds. The van der Waals surface area contributed by atoms with E-state index in [2.05, 4.69) is 4.72 Å². The molecule has 1 saturated heterocycles. The van der Waals surface area contributed by atoms with Crippen molar-refractivity contribution in [2.75, 3.05) is 13.1 Å². The minimum atomic E-state index is -3.61. The molecule has 26 heavy (non-hydrogen) atoms. The number of nitrogens with one attached hydrogen (secondary N) is 1. The minimum Gasteiger partial charge on any atom is -0.328 e. The molecular weight excluding hydrogens is 398 g/mol. The van der Waals surface area contributed by atoms with Crippen LogP contribution in [-0.2, 0) is 20.0 Å². The number of nitrogens with zero attached hydrogens (tertiary/aromatic N) is 1. The smallest absolute Gasteiger partial charge is 0.243 e. The van der Waals surface area contributed by atoms with Crippen LogP contribution in [0.3, 0.4) is 0 Å². The standard InChI is InChI=1S/C16H25N3O4S2.ClH/c1-12(17)13-8-10-19(11-9-13)25(22,23)16-6-4-15(5-7-16)24(20,21)18-14-2-3-14;/h4-7,12-14,18H,2-3,8-11,17H2,1H3;1H. The lowest BCUT2D eigenvalue weighted by molar-refractivity contribution is 0.250. The Kier molecular flexibility index (Phi) is 6.74. The summed E-state index contributed by atoms with van der Waals surface area (Å²) in [5.74, 6) is 0.340. The summed E-state index contributed by atoms with van der Waals surface area (Å²) in [5, 5.41) is 0. The molecule has 3 N–H and O–H groups in total. The Labute approximate surface area is 161 Å². The zero-order chi connectivity index (χ0) is 18.2. The van der Waals surface area contributed by atoms with E-state index in [-0.39, 0.29) is 34.3 Å². The lowest BCUT2D eigenvalue weighted by Gasteiger charge is -2.32. The fourth-order valence-corrected chi connectivity index (χ4v) is 5.85. The Morgan fingerprint density at radius 1 is 1.00 bits per heavy atom. The van der Waals surface area contributed by atoms with E-state index in [9.17, 15) is 16.8 Å². The molecule has 1 saturated carbocycles. The Balaban J connectivity index is 0.00000243. The van der Waals surface area contributed by atoms with Crippen LogP contribution in [0.1, 0.15) is 32.6 Å². The quantitative estimate of drug-likeness (QED) is 0.716. The van der Waals surface area contributed by atoms with Gasteiger partial charge in [0.1, 0.15) is 0 Å². The lowest BCUT2D eigenvalue weighted by atomic mass is 9.92. The van der Waals surface area contributed by atoms with Gasteiger partial charge in [0, 0.05) is 25.2 Å². The summed E-state index contributed by atoms with van der Waals surface area (Å²) in [6.07, 6.45) is 3.19. The highest BCUT2D eigenvalue weighted by molar-refractivity contribution is 7.89. The molecule has 1 unspecified atom stereocenters. The zero-order valence-electron chi connectivity index (χ0n) is 14.7. The summed E-state index contributed by atoms with van der Waals surface area (Å²) in [7, 11) is -7.18. The minimum absolute atomic E-state index is 0. The topological polar surface area (TPSA) is 110 Å². The average molecular weight is 424 g/mol. The summed E-state index contributed by atoms with van der Waals surface area (Å²) in [5.41, 5.74) is 5.90. The molecule has 1 heterocycles. The van der Waals surface area contributed by atoms with Gasteiger partial charge in [-0.15, -0.1) is 12.4 Å². The fraction of sp³-hybridized carbons (Fsp3) is 0.625. The molecule has 3 rings (SSSR count). The molecule has 1 aromatic rings. The Bertz CT molecular complexity index is 814. The summed E-state index contributed by atoms with van der Waals surface area (Å²) in [6, 6.07) is 5.52. The van der Waals surface area contributed by atoms with Crippen molar-refractivity contribution in [2.45, 2.75) is 54.5 Å². The van der Waals surface area contributed by atoms with Crippen molar-refractivity contribution < 1.29 is 16.8 Å². The van der Waals surface area contributed by atoms with E-state index in [1.54, 1.807) is 0 Å². The second-order valence-corrected chi connectivity index (χ2v) is 10.6. The van der Waals surface area contributed by atoms with E-state index in [4.69, 9.17) is 5.73 Å². The predicted octanol–water partition coefficient (Wildman–Crippen LogP) is 1.30. The van der Waals surface area contributed by atoms with Crippen LogP contribution < -0.4 is 10.5 Å². The zero-order valence-corrected chi connectivity index (χ0v) is 17.1. The molecule has 1 aliphatic heterocycles. The summed E-state index contributed by atoms with van der Waals surface area (Å²) < 4.78 is 53.8. The van der Waals surface area contributed by atoms with Gasteiger partial charge in [0.2, 0.25) is 20.0 Å². The van der Waals surface area contributed by atoms with Crippen molar-refractivity contribution >= 4 is 32.5 Å². The van der Waals surface area contributed by atoms with Gasteiger partial charge in [0.05, 0.1) is 9.79 Å². The monoisotopic (exact) mass is 423 g/mol. The molecule has 7 nitrogen and oxygen atoms in total. The fourth-order valence-electron chi connectivity index (χ4n) is 3.07. The number of hydrogen-bond acceptors (Lipinski definition) is 5. The van der Waals surface area contributed by atoms with Gasteiger partial charge in [-0.05, 0) is 62.8 Å². The van der Waals surface area contributed by atoms with Crippen molar-refractivity contribution in [3.8, 4) is 0 Å². The van der Waals surface area contributed by atoms with Gasteiger partial charge in [-0.3, -0.25) is 0 Å². The molecule has 2 aliphatic rings. The van der Waals surface area contributed by atoms with Crippen LogP contribution in [0.15, 0.2) is 34.1 Å². The number of sulfonamides is 2. The van der Waals surface area contributed by atoms with Crippen molar-refractivity contribution in [3.63, 3.8) is 0 Å². The maximum Gasteiger partial charge on any atom is 0.243 e. The maximum absolute atomic E-state index is 12.7. The first-order valence-corrected chi connectivity index (χ1v) is 11.5. The number of hydrogen-bond donors (Lipinski definition) is 2. The molecular formula is C16H26ClN3O4S2. The number of benzene rings is 1. The van der Waals surface area contributed by atoms with Crippen molar-refractivity contribution in [3.05, 3.63) is 24.3 Å². The van der Waals surface area contributed by atoms with Crippen molar-refractivity contribution in [1.82, 2.24) is 9.03 Å². The van der Waals surface area contributed by atoms with E-state index < -0.39 is 20.0 Å². The number of halogens is 1. The third kappa shape index (κ3) is 4.76. The van der Waals surface area contributed by atoms with E-state index in [1.165, 1.54) is 28.6 Å². The molecule has 1 atom stereocenters. The second kappa shape index (κ2) is 8.12. The highest BCUT2D eigenvalue weighted by atomic mass is 35.5. The molecule has 1 aromatic carbocycles. The number of piperidine rings is 1.